The molecule has 17 heavy (non-hydrogen) atoms. The van der Waals surface area contributed by atoms with E-state index in [0.29, 0.717) is 13.2 Å². The molecule has 0 aliphatic carbocycles. The number of rotatable bonds is 6. The molecule has 0 fully saturated rings. The molecule has 0 radical (unpaired) electrons. The van der Waals surface area contributed by atoms with E-state index < -0.39 is 0 Å². The molecule has 0 aliphatic rings. The normalized spacial score (nSPS) is 10.9. The Hall–Kier alpha value is -1.82. The molecule has 0 saturated heterocycles. The standard InChI is InChI=1S/C11H16N4O2/c1-2-5-17-8-10(16)13-6-9-7-15-4-3-12-11(15)14-9/h3-4,7H,2,5-6,8H2,1H3,(H,12,14)(H,13,16). The topological polar surface area (TPSA) is 71.4 Å². The maximum absolute atomic E-state index is 11.4. The van der Waals surface area contributed by atoms with Crippen molar-refractivity contribution in [2.75, 3.05) is 13.2 Å². The highest BCUT2D eigenvalue weighted by molar-refractivity contribution is 5.77. The van der Waals surface area contributed by atoms with Crippen LogP contribution in [0.2, 0.25) is 0 Å². The number of H-pyrrole nitrogens is 1. The van der Waals surface area contributed by atoms with Crippen LogP contribution in [0, 0.1) is 0 Å². The second-order valence-electron chi connectivity index (χ2n) is 3.77. The lowest BCUT2D eigenvalue weighted by molar-refractivity contribution is -0.125. The smallest absolute Gasteiger partial charge is 0.246 e. The number of nitrogens with zero attached hydrogens (tertiary/aromatic N) is 2. The summed E-state index contributed by atoms with van der Waals surface area (Å²) in [4.78, 5) is 18.6. The van der Waals surface area contributed by atoms with E-state index in [0.717, 1.165) is 17.9 Å². The van der Waals surface area contributed by atoms with Crippen molar-refractivity contribution in [1.29, 1.82) is 0 Å². The fourth-order valence-electron chi connectivity index (χ4n) is 1.50. The number of imidazole rings is 2. The highest BCUT2D eigenvalue weighted by Crippen LogP contribution is 2.01. The number of amides is 1. The van der Waals surface area contributed by atoms with Crippen molar-refractivity contribution in [2.45, 2.75) is 19.9 Å². The van der Waals surface area contributed by atoms with Crippen LogP contribution in [0.4, 0.5) is 0 Å². The largest absolute Gasteiger partial charge is 0.372 e. The molecule has 92 valence electrons. The van der Waals surface area contributed by atoms with Crippen molar-refractivity contribution >= 4 is 11.7 Å². The molecule has 0 atom stereocenters. The van der Waals surface area contributed by atoms with Gasteiger partial charge in [-0.2, -0.15) is 0 Å². The maximum atomic E-state index is 11.4. The number of carbonyl (C=O) groups is 1. The van der Waals surface area contributed by atoms with Gasteiger partial charge < -0.3 is 15.0 Å². The van der Waals surface area contributed by atoms with Crippen molar-refractivity contribution in [3.63, 3.8) is 0 Å². The van der Waals surface area contributed by atoms with Crippen LogP contribution in [0.15, 0.2) is 18.6 Å². The highest BCUT2D eigenvalue weighted by atomic mass is 16.5. The van der Waals surface area contributed by atoms with Crippen molar-refractivity contribution in [2.24, 2.45) is 0 Å². The molecular formula is C11H16N4O2. The lowest BCUT2D eigenvalue weighted by Crippen LogP contribution is -2.27. The molecule has 0 saturated carbocycles. The lowest BCUT2D eigenvalue weighted by Gasteiger charge is -2.03. The summed E-state index contributed by atoms with van der Waals surface area (Å²) in [7, 11) is 0. The highest BCUT2D eigenvalue weighted by Gasteiger charge is 2.04. The second-order valence-corrected chi connectivity index (χ2v) is 3.77. The Morgan fingerprint density at radius 1 is 1.65 bits per heavy atom. The Morgan fingerprint density at radius 2 is 2.53 bits per heavy atom. The minimum Gasteiger partial charge on any atom is -0.372 e. The summed E-state index contributed by atoms with van der Waals surface area (Å²) in [6.45, 7) is 3.19. The van der Waals surface area contributed by atoms with Crippen LogP contribution in [-0.4, -0.2) is 33.5 Å². The molecular weight excluding hydrogens is 220 g/mol. The summed E-state index contributed by atoms with van der Waals surface area (Å²) in [5.74, 6) is 0.669. The maximum Gasteiger partial charge on any atom is 0.246 e. The number of hydrogen-bond acceptors (Lipinski definition) is 3. The Bertz CT molecular complexity index is 460. The van der Waals surface area contributed by atoms with Crippen LogP contribution in [0.3, 0.4) is 0 Å². The molecule has 0 spiro atoms. The van der Waals surface area contributed by atoms with Gasteiger partial charge in [-0.25, -0.2) is 4.98 Å². The summed E-state index contributed by atoms with van der Waals surface area (Å²) in [6.07, 6.45) is 6.38. The number of carbonyl (C=O) groups excluding carboxylic acids is 1. The Balaban J connectivity index is 1.78. The molecule has 0 unspecified atom stereocenters. The Morgan fingerprint density at radius 3 is 3.29 bits per heavy atom. The minimum atomic E-state index is -0.106. The van der Waals surface area contributed by atoms with Gasteiger partial charge >= 0.3 is 0 Å². The van der Waals surface area contributed by atoms with Gasteiger partial charge in [0.15, 0.2) is 0 Å². The number of aromatic nitrogens is 3. The first-order valence-corrected chi connectivity index (χ1v) is 5.64. The van der Waals surface area contributed by atoms with Crippen LogP contribution in [0.1, 0.15) is 19.0 Å². The summed E-state index contributed by atoms with van der Waals surface area (Å²) in [5, 5.41) is 2.77. The molecule has 2 aromatic heterocycles. The fourth-order valence-corrected chi connectivity index (χ4v) is 1.50. The van der Waals surface area contributed by atoms with Crippen LogP contribution >= 0.6 is 0 Å². The molecule has 2 N–H and O–H groups in total. The molecule has 0 aliphatic heterocycles. The Labute approximate surface area is 99.0 Å². The van der Waals surface area contributed by atoms with E-state index in [2.05, 4.69) is 15.3 Å². The number of hydrogen-bond donors (Lipinski definition) is 2. The van der Waals surface area contributed by atoms with Gasteiger partial charge in [-0.1, -0.05) is 6.92 Å². The third-order valence-electron chi connectivity index (χ3n) is 2.29. The fraction of sp³-hybridized carbons (Fsp3) is 0.455. The minimum absolute atomic E-state index is 0.106. The molecule has 6 heteroatoms. The van der Waals surface area contributed by atoms with Crippen molar-refractivity contribution in [3.8, 4) is 0 Å². The zero-order valence-electron chi connectivity index (χ0n) is 9.77. The van der Waals surface area contributed by atoms with Gasteiger partial charge in [0.1, 0.15) is 6.61 Å². The third kappa shape index (κ3) is 3.07. The summed E-state index contributed by atoms with van der Waals surface area (Å²) < 4.78 is 7.01. The van der Waals surface area contributed by atoms with Gasteiger partial charge in [0.2, 0.25) is 11.7 Å². The zero-order chi connectivity index (χ0) is 12.1. The molecule has 0 bridgehead atoms. The number of aromatic amines is 1. The van der Waals surface area contributed by atoms with Crippen LogP contribution in [0.5, 0.6) is 0 Å². The van der Waals surface area contributed by atoms with E-state index in [-0.39, 0.29) is 12.5 Å². The van der Waals surface area contributed by atoms with Gasteiger partial charge in [-0.05, 0) is 6.42 Å². The van der Waals surface area contributed by atoms with E-state index in [1.807, 2.05) is 23.7 Å². The monoisotopic (exact) mass is 236 g/mol. The van der Waals surface area contributed by atoms with Crippen LogP contribution in [0.25, 0.3) is 5.78 Å². The lowest BCUT2D eigenvalue weighted by atomic mass is 10.4. The van der Waals surface area contributed by atoms with Crippen molar-refractivity contribution in [1.82, 2.24) is 19.7 Å². The molecule has 2 heterocycles. The second kappa shape index (κ2) is 5.49. The van der Waals surface area contributed by atoms with Crippen molar-refractivity contribution < 1.29 is 9.53 Å². The third-order valence-corrected chi connectivity index (χ3v) is 2.29. The first-order chi connectivity index (χ1) is 8.29. The van der Waals surface area contributed by atoms with Gasteiger partial charge in [-0.15, -0.1) is 0 Å². The van der Waals surface area contributed by atoms with E-state index in [1.165, 1.54) is 0 Å². The van der Waals surface area contributed by atoms with E-state index in [9.17, 15) is 4.79 Å². The van der Waals surface area contributed by atoms with Crippen LogP contribution in [-0.2, 0) is 16.1 Å². The average Bonchev–Trinajstić information content (AvgIpc) is 2.86. The quantitative estimate of drug-likeness (QED) is 0.725. The van der Waals surface area contributed by atoms with Gasteiger partial charge in [0, 0.05) is 25.2 Å². The number of nitrogens with one attached hydrogen (secondary N) is 2. The van der Waals surface area contributed by atoms with E-state index in [4.69, 9.17) is 4.74 Å². The van der Waals surface area contributed by atoms with Gasteiger partial charge in [0.05, 0.1) is 12.2 Å². The summed E-state index contributed by atoms with van der Waals surface area (Å²) in [6, 6.07) is 0. The molecule has 6 nitrogen and oxygen atoms in total. The number of fused-ring (bicyclic) bond motifs is 1. The SMILES string of the molecule is CCCOCC(=O)NCc1cn2ccnc2[nH]1. The molecule has 0 aromatic carbocycles. The predicted octanol–water partition coefficient (Wildman–Crippen LogP) is 0.705. The first kappa shape index (κ1) is 11.7. The first-order valence-electron chi connectivity index (χ1n) is 5.64. The average molecular weight is 236 g/mol. The van der Waals surface area contributed by atoms with Crippen molar-refractivity contribution in [3.05, 3.63) is 24.3 Å². The summed E-state index contributed by atoms with van der Waals surface area (Å²) >= 11 is 0. The van der Waals surface area contributed by atoms with E-state index in [1.54, 1.807) is 6.20 Å². The Kier molecular flexibility index (Phi) is 3.77. The molecule has 2 rings (SSSR count). The predicted molar refractivity (Wildman–Crippen MR) is 62.5 cm³/mol. The van der Waals surface area contributed by atoms with Gasteiger partial charge in [-0.3, -0.25) is 9.20 Å². The van der Waals surface area contributed by atoms with Gasteiger partial charge in [0.25, 0.3) is 0 Å². The van der Waals surface area contributed by atoms with E-state index >= 15 is 0 Å². The zero-order valence-corrected chi connectivity index (χ0v) is 9.77. The van der Waals surface area contributed by atoms with Crippen LogP contribution < -0.4 is 5.32 Å². The summed E-state index contributed by atoms with van der Waals surface area (Å²) in [5.41, 5.74) is 0.914. The number of ether oxygens (including phenoxy) is 1. The molecule has 2 aromatic rings. The molecule has 1 amide bonds.